The average Bonchev–Trinajstić information content (AvgIpc) is 3.15. The van der Waals surface area contributed by atoms with Gasteiger partial charge in [-0.15, -0.1) is 0 Å². The van der Waals surface area contributed by atoms with E-state index in [0.717, 1.165) is 27.3 Å². The fourth-order valence-electron chi connectivity index (χ4n) is 3.02. The molecule has 2 N–H and O–H groups in total. The molecule has 0 atom stereocenters. The number of H-pyrrole nitrogens is 1. The third-order valence-corrected chi connectivity index (χ3v) is 5.38. The van der Waals surface area contributed by atoms with Crippen molar-refractivity contribution in [1.29, 1.82) is 0 Å². The number of methoxy groups -OCH3 is 1. The van der Waals surface area contributed by atoms with Gasteiger partial charge in [0.1, 0.15) is 23.0 Å². The van der Waals surface area contributed by atoms with Gasteiger partial charge < -0.3 is 14.5 Å². The van der Waals surface area contributed by atoms with E-state index < -0.39 is 11.5 Å². The van der Waals surface area contributed by atoms with Crippen molar-refractivity contribution in [3.8, 4) is 11.5 Å². The fourth-order valence-corrected chi connectivity index (χ4v) is 3.91. The number of nitrogens with one attached hydrogen (secondary N) is 2. The molecular weight excluding hydrogens is 416 g/mol. The molecule has 158 valence electrons. The highest BCUT2D eigenvalue weighted by Gasteiger charge is 2.14. The molecule has 0 saturated carbocycles. The van der Waals surface area contributed by atoms with Gasteiger partial charge in [-0.2, -0.15) is 0 Å². The number of rotatable bonds is 7. The second-order valence-electron chi connectivity index (χ2n) is 6.64. The quantitative estimate of drug-likeness (QED) is 0.458. The molecule has 0 bridgehead atoms. The molecule has 0 spiro atoms. The van der Waals surface area contributed by atoms with Crippen LogP contribution in [0.15, 0.2) is 53.3 Å². The smallest absolute Gasteiger partial charge is 0.276 e. The van der Waals surface area contributed by atoms with Crippen LogP contribution in [0.5, 0.6) is 11.5 Å². The molecule has 1 amide bonds. The predicted molar refractivity (Wildman–Crippen MR) is 119 cm³/mol. The zero-order valence-corrected chi connectivity index (χ0v) is 17.8. The molecule has 0 fully saturated rings. The molecule has 31 heavy (non-hydrogen) atoms. The number of thiazole rings is 1. The van der Waals surface area contributed by atoms with Crippen LogP contribution in [0.1, 0.15) is 28.8 Å². The van der Waals surface area contributed by atoms with E-state index in [2.05, 4.69) is 20.3 Å². The van der Waals surface area contributed by atoms with E-state index in [0.29, 0.717) is 24.0 Å². The van der Waals surface area contributed by atoms with Gasteiger partial charge >= 0.3 is 0 Å². The van der Waals surface area contributed by atoms with Crippen LogP contribution < -0.4 is 20.3 Å². The van der Waals surface area contributed by atoms with E-state index in [-0.39, 0.29) is 5.69 Å². The topological polar surface area (TPSA) is 106 Å². The SMILES string of the molecule is CCOc1ccc2nc(NC(=O)c3cc(=O)[nH]c(Cc4ccc(OC)cc4)n3)sc2c1. The van der Waals surface area contributed by atoms with Crippen molar-refractivity contribution in [2.24, 2.45) is 0 Å². The van der Waals surface area contributed by atoms with E-state index in [1.165, 1.54) is 17.4 Å². The van der Waals surface area contributed by atoms with Crippen LogP contribution in [0.4, 0.5) is 5.13 Å². The summed E-state index contributed by atoms with van der Waals surface area (Å²) in [6.45, 7) is 2.49. The molecule has 2 aromatic carbocycles. The Morgan fingerprint density at radius 1 is 1.10 bits per heavy atom. The maximum Gasteiger partial charge on any atom is 0.276 e. The first-order chi connectivity index (χ1) is 15.0. The largest absolute Gasteiger partial charge is 0.497 e. The molecule has 0 saturated heterocycles. The summed E-state index contributed by atoms with van der Waals surface area (Å²) in [6.07, 6.45) is 0.377. The molecule has 2 heterocycles. The predicted octanol–water partition coefficient (Wildman–Crippen LogP) is 3.63. The maximum atomic E-state index is 12.7. The Labute approximate surface area is 181 Å². The van der Waals surface area contributed by atoms with Gasteiger partial charge in [0.2, 0.25) is 0 Å². The molecule has 8 nitrogen and oxygen atoms in total. The Kier molecular flexibility index (Phi) is 5.94. The number of benzene rings is 2. The van der Waals surface area contributed by atoms with Crippen LogP contribution in [0, 0.1) is 0 Å². The Morgan fingerprint density at radius 3 is 2.61 bits per heavy atom. The van der Waals surface area contributed by atoms with Gasteiger partial charge in [-0.05, 0) is 42.8 Å². The van der Waals surface area contributed by atoms with E-state index in [4.69, 9.17) is 9.47 Å². The number of nitrogens with zero attached hydrogens (tertiary/aromatic N) is 2. The van der Waals surface area contributed by atoms with Crippen molar-refractivity contribution in [1.82, 2.24) is 15.0 Å². The molecular formula is C22H20N4O4S. The van der Waals surface area contributed by atoms with Gasteiger partial charge in [0.25, 0.3) is 11.5 Å². The monoisotopic (exact) mass is 436 g/mol. The van der Waals surface area contributed by atoms with Crippen molar-refractivity contribution in [2.45, 2.75) is 13.3 Å². The Morgan fingerprint density at radius 2 is 1.87 bits per heavy atom. The number of amides is 1. The first kappa shape index (κ1) is 20.5. The minimum atomic E-state index is -0.494. The number of aromatic nitrogens is 3. The van der Waals surface area contributed by atoms with Crippen LogP contribution in [-0.2, 0) is 6.42 Å². The minimum Gasteiger partial charge on any atom is -0.497 e. The lowest BCUT2D eigenvalue weighted by Gasteiger charge is -2.05. The van der Waals surface area contributed by atoms with E-state index >= 15 is 0 Å². The van der Waals surface area contributed by atoms with Crippen LogP contribution in [0.2, 0.25) is 0 Å². The summed E-state index contributed by atoms with van der Waals surface area (Å²) in [6, 6.07) is 14.1. The third-order valence-electron chi connectivity index (χ3n) is 4.45. The third kappa shape index (κ3) is 4.89. The first-order valence-electron chi connectivity index (χ1n) is 9.62. The summed E-state index contributed by atoms with van der Waals surface area (Å²) < 4.78 is 11.5. The van der Waals surface area contributed by atoms with Crippen molar-refractivity contribution in [3.63, 3.8) is 0 Å². The molecule has 0 unspecified atom stereocenters. The summed E-state index contributed by atoms with van der Waals surface area (Å²) in [7, 11) is 1.60. The summed E-state index contributed by atoms with van der Waals surface area (Å²) >= 11 is 1.33. The summed E-state index contributed by atoms with van der Waals surface area (Å²) in [5.74, 6) is 1.39. The minimum absolute atomic E-state index is 0.0292. The van der Waals surface area contributed by atoms with Crippen LogP contribution in [-0.4, -0.2) is 34.6 Å². The molecule has 0 aliphatic heterocycles. The Hall–Kier alpha value is -3.72. The number of ether oxygens (including phenoxy) is 2. The number of aromatic amines is 1. The number of anilines is 1. The number of fused-ring (bicyclic) bond motifs is 1. The van der Waals surface area contributed by atoms with Gasteiger partial charge in [0.05, 0.1) is 23.9 Å². The maximum absolute atomic E-state index is 12.7. The second kappa shape index (κ2) is 8.97. The number of hydrogen-bond acceptors (Lipinski definition) is 7. The highest BCUT2D eigenvalue weighted by molar-refractivity contribution is 7.22. The summed E-state index contributed by atoms with van der Waals surface area (Å²) in [4.78, 5) is 36.2. The Bertz CT molecular complexity index is 1280. The lowest BCUT2D eigenvalue weighted by molar-refractivity contribution is 0.102. The highest BCUT2D eigenvalue weighted by atomic mass is 32.1. The van der Waals surface area contributed by atoms with Gasteiger partial charge in [-0.25, -0.2) is 9.97 Å². The van der Waals surface area contributed by atoms with Crippen molar-refractivity contribution in [2.75, 3.05) is 19.0 Å². The van der Waals surface area contributed by atoms with E-state index in [9.17, 15) is 9.59 Å². The zero-order chi connectivity index (χ0) is 21.8. The molecule has 0 aliphatic rings. The van der Waals surface area contributed by atoms with Crippen LogP contribution in [0.25, 0.3) is 10.2 Å². The normalized spacial score (nSPS) is 10.8. The summed E-state index contributed by atoms with van der Waals surface area (Å²) in [5, 5.41) is 3.15. The Balaban J connectivity index is 1.52. The lowest BCUT2D eigenvalue weighted by Crippen LogP contribution is -2.20. The molecule has 4 aromatic rings. The van der Waals surface area contributed by atoms with Gasteiger partial charge in [-0.3, -0.25) is 14.9 Å². The van der Waals surface area contributed by atoms with E-state index in [1.54, 1.807) is 7.11 Å². The lowest BCUT2D eigenvalue weighted by atomic mass is 10.1. The number of carbonyl (C=O) groups is 1. The van der Waals surface area contributed by atoms with Crippen molar-refractivity contribution >= 4 is 32.6 Å². The van der Waals surface area contributed by atoms with Crippen LogP contribution >= 0.6 is 11.3 Å². The summed E-state index contributed by atoms with van der Waals surface area (Å²) in [5.41, 5.74) is 1.32. The van der Waals surface area contributed by atoms with Crippen molar-refractivity contribution < 1.29 is 14.3 Å². The molecule has 0 aliphatic carbocycles. The fraction of sp³-hybridized carbons (Fsp3) is 0.182. The molecule has 9 heteroatoms. The van der Waals surface area contributed by atoms with Gasteiger partial charge in [0, 0.05) is 12.5 Å². The zero-order valence-electron chi connectivity index (χ0n) is 17.0. The second-order valence-corrected chi connectivity index (χ2v) is 7.67. The van der Waals surface area contributed by atoms with Crippen LogP contribution in [0.3, 0.4) is 0 Å². The molecule has 4 rings (SSSR count). The highest BCUT2D eigenvalue weighted by Crippen LogP contribution is 2.29. The first-order valence-corrected chi connectivity index (χ1v) is 10.4. The number of carbonyl (C=O) groups excluding carboxylic acids is 1. The van der Waals surface area contributed by atoms with Gasteiger partial charge in [-0.1, -0.05) is 23.5 Å². The van der Waals surface area contributed by atoms with Gasteiger partial charge in [0.15, 0.2) is 5.13 Å². The van der Waals surface area contributed by atoms with E-state index in [1.807, 2.05) is 49.4 Å². The standard InChI is InChI=1S/C22H20N4O4S/c1-3-30-15-8-9-16-18(11-15)31-22(24-16)26-21(28)17-12-20(27)25-19(23-17)10-13-4-6-14(29-2)7-5-13/h4-9,11-12H,3,10H2,1-2H3,(H,23,25,27)(H,24,26,28). The number of hydrogen-bond donors (Lipinski definition) is 2. The molecule has 0 radical (unpaired) electrons. The van der Waals surface area contributed by atoms with Crippen molar-refractivity contribution in [3.05, 3.63) is 76.0 Å². The molecule has 2 aromatic heterocycles. The average molecular weight is 436 g/mol.